The van der Waals surface area contributed by atoms with Crippen LogP contribution in [0.5, 0.6) is 0 Å². The Labute approximate surface area is 63.2 Å². The van der Waals surface area contributed by atoms with Crippen molar-refractivity contribution in [1.82, 2.24) is 0 Å². The first-order valence-electron chi connectivity index (χ1n) is 3.61. The molecule has 0 bridgehead atoms. The van der Waals surface area contributed by atoms with E-state index in [1.54, 1.807) is 0 Å². The van der Waals surface area contributed by atoms with Crippen molar-refractivity contribution in [3.63, 3.8) is 0 Å². The fraction of sp³-hybridized carbons (Fsp3) is 0.857. The van der Waals surface area contributed by atoms with Gasteiger partial charge in [0.15, 0.2) is 0 Å². The molecule has 0 spiro atoms. The van der Waals surface area contributed by atoms with Crippen LogP contribution in [0.2, 0.25) is 0 Å². The third kappa shape index (κ3) is 1.21. The molecule has 1 aliphatic rings. The number of rotatable bonds is 2. The predicted molar refractivity (Wildman–Crippen MR) is 34.5 cm³/mol. The van der Waals surface area contributed by atoms with Crippen molar-refractivity contribution in [3.8, 4) is 0 Å². The van der Waals surface area contributed by atoms with E-state index in [4.69, 9.17) is 5.11 Å². The molecule has 0 aliphatic heterocycles. The van der Waals surface area contributed by atoms with Gasteiger partial charge in [-0.05, 0) is 12.8 Å². The molecule has 1 saturated carbocycles. The van der Waals surface area contributed by atoms with Crippen molar-refractivity contribution in [3.05, 3.63) is 0 Å². The van der Waals surface area contributed by atoms with Crippen LogP contribution in [0, 0.1) is 5.41 Å². The summed E-state index contributed by atoms with van der Waals surface area (Å²) in [4.78, 5) is 10.5. The standard InChI is InChI=1S/C7H10F2O2/c8-5(9)7(6(10)11)3-1-2-4-7/h5H,1-4H2,(H,10,11). The minimum atomic E-state index is -2.72. The number of carboxylic acids is 1. The van der Waals surface area contributed by atoms with Crippen molar-refractivity contribution in [2.45, 2.75) is 32.1 Å². The maximum atomic E-state index is 12.3. The third-order valence-corrected chi connectivity index (χ3v) is 2.34. The number of carbonyl (C=O) groups is 1. The van der Waals surface area contributed by atoms with Crippen molar-refractivity contribution in [2.75, 3.05) is 0 Å². The van der Waals surface area contributed by atoms with Crippen LogP contribution in [0.4, 0.5) is 8.78 Å². The minimum Gasteiger partial charge on any atom is -0.481 e. The molecule has 0 unspecified atom stereocenters. The van der Waals surface area contributed by atoms with Gasteiger partial charge in [0.1, 0.15) is 5.41 Å². The topological polar surface area (TPSA) is 37.3 Å². The molecular formula is C7H10F2O2. The van der Waals surface area contributed by atoms with Crippen LogP contribution in [0.3, 0.4) is 0 Å². The van der Waals surface area contributed by atoms with Gasteiger partial charge in [0.2, 0.25) is 0 Å². The first-order chi connectivity index (χ1) is 5.09. The molecule has 1 rings (SSSR count). The van der Waals surface area contributed by atoms with Gasteiger partial charge in [-0.3, -0.25) is 4.79 Å². The highest BCUT2D eigenvalue weighted by molar-refractivity contribution is 5.75. The molecule has 0 heterocycles. The van der Waals surface area contributed by atoms with Gasteiger partial charge in [-0.15, -0.1) is 0 Å². The Morgan fingerprint density at radius 1 is 1.36 bits per heavy atom. The molecule has 1 aliphatic carbocycles. The molecule has 0 amide bonds. The van der Waals surface area contributed by atoms with Crippen LogP contribution in [-0.2, 0) is 4.79 Å². The molecule has 0 aromatic rings. The summed E-state index contributed by atoms with van der Waals surface area (Å²) >= 11 is 0. The molecule has 0 aromatic carbocycles. The SMILES string of the molecule is O=C(O)C1(C(F)F)CCCC1. The van der Waals surface area contributed by atoms with E-state index in [0.29, 0.717) is 12.8 Å². The molecule has 11 heavy (non-hydrogen) atoms. The fourth-order valence-corrected chi connectivity index (χ4v) is 1.53. The monoisotopic (exact) mass is 164 g/mol. The zero-order chi connectivity index (χ0) is 8.48. The largest absolute Gasteiger partial charge is 0.481 e. The summed E-state index contributed by atoms with van der Waals surface area (Å²) in [5.74, 6) is -1.34. The first-order valence-corrected chi connectivity index (χ1v) is 3.61. The Hall–Kier alpha value is -0.670. The number of carboxylic acid groups (broad SMARTS) is 1. The zero-order valence-corrected chi connectivity index (χ0v) is 6.02. The number of alkyl halides is 2. The van der Waals surface area contributed by atoms with Gasteiger partial charge >= 0.3 is 5.97 Å². The Balaban J connectivity index is 2.79. The first kappa shape index (κ1) is 8.43. The van der Waals surface area contributed by atoms with Gasteiger partial charge in [-0.25, -0.2) is 8.78 Å². The van der Waals surface area contributed by atoms with Crippen molar-refractivity contribution in [2.24, 2.45) is 5.41 Å². The van der Waals surface area contributed by atoms with E-state index in [9.17, 15) is 13.6 Å². The quantitative estimate of drug-likeness (QED) is 0.676. The third-order valence-electron chi connectivity index (χ3n) is 2.34. The summed E-state index contributed by atoms with van der Waals surface area (Å²) < 4.78 is 24.5. The lowest BCUT2D eigenvalue weighted by atomic mass is 9.87. The van der Waals surface area contributed by atoms with Gasteiger partial charge in [0.05, 0.1) is 0 Å². The molecule has 0 saturated heterocycles. The average molecular weight is 164 g/mol. The van der Waals surface area contributed by atoms with Gasteiger partial charge in [-0.2, -0.15) is 0 Å². The summed E-state index contributed by atoms with van der Waals surface area (Å²) in [5, 5.41) is 8.55. The lowest BCUT2D eigenvalue weighted by Gasteiger charge is -2.21. The molecule has 2 nitrogen and oxygen atoms in total. The lowest BCUT2D eigenvalue weighted by molar-refractivity contribution is -0.158. The summed E-state index contributed by atoms with van der Waals surface area (Å²) in [7, 11) is 0. The highest BCUT2D eigenvalue weighted by atomic mass is 19.3. The Bertz CT molecular complexity index is 162. The van der Waals surface area contributed by atoms with Gasteiger partial charge in [0, 0.05) is 0 Å². The maximum Gasteiger partial charge on any atom is 0.315 e. The van der Waals surface area contributed by atoms with Crippen LogP contribution < -0.4 is 0 Å². The van der Waals surface area contributed by atoms with E-state index >= 15 is 0 Å². The predicted octanol–water partition coefficient (Wildman–Crippen LogP) is 1.90. The Morgan fingerprint density at radius 3 is 2.00 bits per heavy atom. The number of hydrogen-bond acceptors (Lipinski definition) is 1. The van der Waals surface area contributed by atoms with Crippen molar-refractivity contribution in [1.29, 1.82) is 0 Å². The Morgan fingerprint density at radius 2 is 1.82 bits per heavy atom. The van der Waals surface area contributed by atoms with Crippen molar-refractivity contribution < 1.29 is 18.7 Å². The van der Waals surface area contributed by atoms with Gasteiger partial charge in [0.25, 0.3) is 6.43 Å². The van der Waals surface area contributed by atoms with E-state index in [-0.39, 0.29) is 12.8 Å². The number of halogens is 2. The summed E-state index contributed by atoms with van der Waals surface area (Å²) in [6, 6.07) is 0. The van der Waals surface area contributed by atoms with Crippen LogP contribution in [0.25, 0.3) is 0 Å². The van der Waals surface area contributed by atoms with Crippen LogP contribution in [0.15, 0.2) is 0 Å². The molecule has 1 N–H and O–H groups in total. The van der Waals surface area contributed by atoms with E-state index in [1.807, 2.05) is 0 Å². The van der Waals surface area contributed by atoms with Crippen LogP contribution in [0.1, 0.15) is 25.7 Å². The van der Waals surface area contributed by atoms with E-state index < -0.39 is 17.8 Å². The molecule has 64 valence electrons. The molecule has 1 fully saturated rings. The second kappa shape index (κ2) is 2.75. The average Bonchev–Trinajstić information content (AvgIpc) is 2.34. The second-order valence-electron chi connectivity index (χ2n) is 2.97. The smallest absolute Gasteiger partial charge is 0.315 e. The molecule has 4 heteroatoms. The highest BCUT2D eigenvalue weighted by Crippen LogP contribution is 2.43. The molecule has 0 atom stereocenters. The van der Waals surface area contributed by atoms with E-state index in [0.717, 1.165) is 0 Å². The molecule has 0 aromatic heterocycles. The maximum absolute atomic E-state index is 12.3. The zero-order valence-electron chi connectivity index (χ0n) is 6.02. The normalized spacial score (nSPS) is 22.5. The molecular weight excluding hydrogens is 154 g/mol. The summed E-state index contributed by atoms with van der Waals surface area (Å²) in [6.45, 7) is 0. The van der Waals surface area contributed by atoms with Crippen LogP contribution in [-0.4, -0.2) is 17.5 Å². The summed E-state index contributed by atoms with van der Waals surface area (Å²) in [5.41, 5.74) is -1.72. The van der Waals surface area contributed by atoms with Gasteiger partial charge < -0.3 is 5.11 Å². The van der Waals surface area contributed by atoms with E-state index in [2.05, 4.69) is 0 Å². The van der Waals surface area contributed by atoms with Gasteiger partial charge in [-0.1, -0.05) is 12.8 Å². The van der Waals surface area contributed by atoms with Crippen LogP contribution >= 0.6 is 0 Å². The Kier molecular flexibility index (Phi) is 2.11. The number of aliphatic carboxylic acids is 1. The van der Waals surface area contributed by atoms with E-state index in [1.165, 1.54) is 0 Å². The second-order valence-corrected chi connectivity index (χ2v) is 2.97. The number of hydrogen-bond donors (Lipinski definition) is 1. The lowest BCUT2D eigenvalue weighted by Crippen LogP contribution is -2.35. The molecule has 0 radical (unpaired) electrons. The minimum absolute atomic E-state index is 0.125. The fourth-order valence-electron chi connectivity index (χ4n) is 1.53. The summed E-state index contributed by atoms with van der Waals surface area (Å²) in [6.07, 6.45) is -1.25. The highest BCUT2D eigenvalue weighted by Gasteiger charge is 2.49. The van der Waals surface area contributed by atoms with Crippen molar-refractivity contribution >= 4 is 5.97 Å².